The van der Waals surface area contributed by atoms with Gasteiger partial charge in [0.2, 0.25) is 11.8 Å². The van der Waals surface area contributed by atoms with E-state index < -0.39 is 17.6 Å². The Morgan fingerprint density at radius 3 is 2.33 bits per heavy atom. The molecule has 0 unspecified atom stereocenters. The largest absolute Gasteiger partial charge is 0.418 e. The second-order valence-electron chi connectivity index (χ2n) is 6.25. The summed E-state index contributed by atoms with van der Waals surface area (Å²) >= 11 is 0. The molecular formula is C20H17F3N2O2. The summed E-state index contributed by atoms with van der Waals surface area (Å²) in [4.78, 5) is 23.7. The molecule has 0 heterocycles. The number of halogens is 3. The van der Waals surface area contributed by atoms with Crippen molar-refractivity contribution < 1.29 is 22.8 Å². The molecule has 2 amide bonds. The zero-order valence-electron chi connectivity index (χ0n) is 14.2. The number of benzene rings is 2. The maximum atomic E-state index is 13.4. The first-order chi connectivity index (χ1) is 12.8. The molecule has 1 saturated carbocycles. The van der Waals surface area contributed by atoms with E-state index in [9.17, 15) is 22.8 Å². The van der Waals surface area contributed by atoms with Crippen LogP contribution in [0.25, 0.3) is 6.08 Å². The maximum absolute atomic E-state index is 13.4. The number of carbonyl (C=O) groups is 2. The van der Waals surface area contributed by atoms with Crippen molar-refractivity contribution in [3.63, 3.8) is 0 Å². The molecule has 1 fully saturated rings. The fourth-order valence-corrected chi connectivity index (χ4v) is 2.47. The highest BCUT2D eigenvalue weighted by Gasteiger charge is 2.35. The van der Waals surface area contributed by atoms with E-state index in [4.69, 9.17) is 0 Å². The van der Waals surface area contributed by atoms with Gasteiger partial charge in [0.05, 0.1) is 11.3 Å². The van der Waals surface area contributed by atoms with E-state index >= 15 is 0 Å². The zero-order valence-corrected chi connectivity index (χ0v) is 14.2. The standard InChI is InChI=1S/C20H17F3N2O2/c21-20(22,23)16-12-15(24-19(27)14-7-8-14)9-10-17(16)25-18(26)11-6-13-4-2-1-3-5-13/h1-6,9-12,14H,7-8H2,(H,24,27)(H,25,26). The predicted molar refractivity (Wildman–Crippen MR) is 96.9 cm³/mol. The third-order valence-electron chi connectivity index (χ3n) is 4.03. The predicted octanol–water partition coefficient (Wildman–Crippen LogP) is 4.71. The van der Waals surface area contributed by atoms with Gasteiger partial charge in [0.15, 0.2) is 0 Å². The fraction of sp³-hybridized carbons (Fsp3) is 0.200. The van der Waals surface area contributed by atoms with Crippen molar-refractivity contribution in [2.45, 2.75) is 19.0 Å². The molecule has 27 heavy (non-hydrogen) atoms. The lowest BCUT2D eigenvalue weighted by molar-refractivity contribution is -0.137. The van der Waals surface area contributed by atoms with Gasteiger partial charge in [-0.3, -0.25) is 9.59 Å². The fourth-order valence-electron chi connectivity index (χ4n) is 2.47. The van der Waals surface area contributed by atoms with Gasteiger partial charge in [-0.1, -0.05) is 30.3 Å². The van der Waals surface area contributed by atoms with Crippen molar-refractivity contribution in [1.82, 2.24) is 0 Å². The van der Waals surface area contributed by atoms with Gasteiger partial charge in [-0.25, -0.2) is 0 Å². The van der Waals surface area contributed by atoms with Crippen LogP contribution in [0.4, 0.5) is 24.5 Å². The number of alkyl halides is 3. The van der Waals surface area contributed by atoms with Gasteiger partial charge in [0.25, 0.3) is 0 Å². The number of nitrogens with one attached hydrogen (secondary N) is 2. The highest BCUT2D eigenvalue weighted by Crippen LogP contribution is 2.37. The van der Waals surface area contributed by atoms with E-state index in [0.29, 0.717) is 0 Å². The van der Waals surface area contributed by atoms with Crippen LogP contribution in [-0.4, -0.2) is 11.8 Å². The van der Waals surface area contributed by atoms with Crippen molar-refractivity contribution in [3.8, 4) is 0 Å². The molecule has 4 nitrogen and oxygen atoms in total. The van der Waals surface area contributed by atoms with E-state index in [1.807, 2.05) is 6.07 Å². The highest BCUT2D eigenvalue weighted by molar-refractivity contribution is 6.02. The summed E-state index contributed by atoms with van der Waals surface area (Å²) in [6.45, 7) is 0. The monoisotopic (exact) mass is 374 g/mol. The van der Waals surface area contributed by atoms with Crippen molar-refractivity contribution >= 4 is 29.3 Å². The Hall–Kier alpha value is -3.09. The van der Waals surface area contributed by atoms with Crippen LogP contribution in [0.5, 0.6) is 0 Å². The van der Waals surface area contributed by atoms with Crippen molar-refractivity contribution in [3.05, 3.63) is 65.7 Å². The summed E-state index contributed by atoms with van der Waals surface area (Å²) in [5.74, 6) is -1.09. The number of amides is 2. The normalized spacial score (nSPS) is 14.2. The molecule has 0 atom stereocenters. The summed E-state index contributed by atoms with van der Waals surface area (Å²) in [7, 11) is 0. The molecule has 0 aliphatic heterocycles. The minimum atomic E-state index is -4.67. The Morgan fingerprint density at radius 1 is 1.00 bits per heavy atom. The Bertz CT molecular complexity index is 873. The molecule has 0 radical (unpaired) electrons. The van der Waals surface area contributed by atoms with Crippen LogP contribution in [0.1, 0.15) is 24.0 Å². The van der Waals surface area contributed by atoms with Crippen LogP contribution < -0.4 is 10.6 Å². The second-order valence-corrected chi connectivity index (χ2v) is 6.25. The van der Waals surface area contributed by atoms with Crippen LogP contribution in [0.15, 0.2) is 54.6 Å². The van der Waals surface area contributed by atoms with Crippen LogP contribution in [-0.2, 0) is 15.8 Å². The molecule has 0 spiro atoms. The SMILES string of the molecule is O=C(C=Cc1ccccc1)Nc1ccc(NC(=O)C2CC2)cc1C(F)(F)F. The molecule has 1 aliphatic rings. The van der Waals surface area contributed by atoms with E-state index in [-0.39, 0.29) is 23.2 Å². The lowest BCUT2D eigenvalue weighted by Gasteiger charge is -2.15. The number of rotatable bonds is 5. The maximum Gasteiger partial charge on any atom is 0.418 e. The summed E-state index contributed by atoms with van der Waals surface area (Å²) in [5, 5.41) is 4.72. The van der Waals surface area contributed by atoms with Crippen molar-refractivity contribution in [2.24, 2.45) is 5.92 Å². The minimum absolute atomic E-state index is 0.0528. The smallest absolute Gasteiger partial charge is 0.326 e. The van der Waals surface area contributed by atoms with Crippen LogP contribution in [0.2, 0.25) is 0 Å². The summed E-state index contributed by atoms with van der Waals surface area (Å²) in [6.07, 6.45) is -0.503. The second kappa shape index (κ2) is 7.65. The highest BCUT2D eigenvalue weighted by atomic mass is 19.4. The molecule has 0 aromatic heterocycles. The molecule has 7 heteroatoms. The Labute approximate surface area is 154 Å². The van der Waals surface area contributed by atoms with Gasteiger partial charge in [-0.2, -0.15) is 13.2 Å². The Balaban J connectivity index is 1.76. The van der Waals surface area contributed by atoms with Crippen LogP contribution in [0.3, 0.4) is 0 Å². The van der Waals surface area contributed by atoms with Crippen LogP contribution in [0, 0.1) is 5.92 Å². The van der Waals surface area contributed by atoms with Gasteiger partial charge < -0.3 is 10.6 Å². The number of hydrogen-bond donors (Lipinski definition) is 2. The zero-order chi connectivity index (χ0) is 19.4. The van der Waals surface area contributed by atoms with Crippen molar-refractivity contribution in [1.29, 1.82) is 0 Å². The quantitative estimate of drug-likeness (QED) is 0.745. The van der Waals surface area contributed by atoms with E-state index in [1.165, 1.54) is 12.1 Å². The average molecular weight is 374 g/mol. The van der Waals surface area contributed by atoms with E-state index in [1.54, 1.807) is 24.3 Å². The van der Waals surface area contributed by atoms with Gasteiger partial charge in [0.1, 0.15) is 0 Å². The molecule has 2 N–H and O–H groups in total. The lowest BCUT2D eigenvalue weighted by atomic mass is 10.1. The first-order valence-electron chi connectivity index (χ1n) is 8.39. The van der Waals surface area contributed by atoms with Gasteiger partial charge >= 0.3 is 6.18 Å². The molecule has 140 valence electrons. The molecule has 2 aromatic carbocycles. The summed E-state index contributed by atoms with van der Waals surface area (Å²) in [6, 6.07) is 12.2. The van der Waals surface area contributed by atoms with E-state index in [2.05, 4.69) is 10.6 Å². The van der Waals surface area contributed by atoms with Gasteiger partial charge in [-0.05, 0) is 42.7 Å². The summed E-state index contributed by atoms with van der Waals surface area (Å²) < 4.78 is 40.1. The lowest BCUT2D eigenvalue weighted by Crippen LogP contribution is -2.17. The van der Waals surface area contributed by atoms with E-state index in [0.717, 1.165) is 36.6 Å². The molecule has 0 saturated heterocycles. The first-order valence-corrected chi connectivity index (χ1v) is 8.39. The third kappa shape index (κ3) is 5.20. The number of carbonyl (C=O) groups excluding carboxylic acids is 2. The molecule has 0 bridgehead atoms. The van der Waals surface area contributed by atoms with Gasteiger partial charge in [-0.15, -0.1) is 0 Å². The molecule has 3 rings (SSSR count). The first kappa shape index (κ1) is 18.7. The Kier molecular flexibility index (Phi) is 5.30. The summed E-state index contributed by atoms with van der Waals surface area (Å²) in [5.41, 5.74) is -0.578. The topological polar surface area (TPSA) is 58.2 Å². The van der Waals surface area contributed by atoms with Crippen molar-refractivity contribution in [2.75, 3.05) is 10.6 Å². The number of anilines is 2. The minimum Gasteiger partial charge on any atom is -0.326 e. The molecule has 1 aliphatic carbocycles. The average Bonchev–Trinajstić information content (AvgIpc) is 3.46. The molecule has 2 aromatic rings. The number of hydrogen-bond acceptors (Lipinski definition) is 2. The van der Waals surface area contributed by atoms with Gasteiger partial charge in [0, 0.05) is 17.7 Å². The van der Waals surface area contributed by atoms with Crippen LogP contribution >= 0.6 is 0 Å². The third-order valence-corrected chi connectivity index (χ3v) is 4.03. The Morgan fingerprint density at radius 2 is 1.70 bits per heavy atom. The molecular weight excluding hydrogens is 357 g/mol.